The Labute approximate surface area is 126 Å². The van der Waals surface area contributed by atoms with Crippen LogP contribution in [0.3, 0.4) is 0 Å². The molecule has 0 heterocycles. The van der Waals surface area contributed by atoms with E-state index in [1.54, 1.807) is 6.07 Å². The Hall–Kier alpha value is -1.62. The molecule has 5 heteroatoms. The van der Waals surface area contributed by atoms with E-state index in [1.807, 2.05) is 26.0 Å². The molecule has 0 spiro atoms. The van der Waals surface area contributed by atoms with Crippen LogP contribution in [0.2, 0.25) is 0 Å². The molecule has 2 unspecified atom stereocenters. The second-order valence-corrected chi connectivity index (χ2v) is 5.51. The summed E-state index contributed by atoms with van der Waals surface area (Å²) in [6, 6.07) is 5.53. The van der Waals surface area contributed by atoms with E-state index in [-0.39, 0.29) is 17.7 Å². The number of rotatable bonds is 8. The minimum absolute atomic E-state index is 0.0242. The van der Waals surface area contributed by atoms with E-state index < -0.39 is 4.92 Å². The van der Waals surface area contributed by atoms with Crippen LogP contribution >= 0.6 is 0 Å². The average molecular weight is 294 g/mol. The molecule has 0 aliphatic carbocycles. The summed E-state index contributed by atoms with van der Waals surface area (Å²) in [5.74, 6) is 0.621. The molecule has 0 saturated carbocycles. The zero-order valence-corrected chi connectivity index (χ0v) is 13.6. The molecule has 0 fully saturated rings. The fraction of sp³-hybridized carbons (Fsp3) is 0.625. The lowest BCUT2D eigenvalue weighted by atomic mass is 9.91. The Bertz CT molecular complexity index is 475. The maximum atomic E-state index is 11.1. The van der Waals surface area contributed by atoms with Gasteiger partial charge in [0.2, 0.25) is 0 Å². The standard InChI is InChI=1S/C16H26N2O3/c1-6-14(17-7-2)12(5)13-8-9-15(18(19)20)16(10-13)21-11(3)4/h8-12,14,17H,6-7H2,1-5H3. The van der Waals surface area contributed by atoms with E-state index in [2.05, 4.69) is 26.1 Å². The van der Waals surface area contributed by atoms with Crippen LogP contribution in [0.15, 0.2) is 18.2 Å². The molecule has 1 rings (SSSR count). The zero-order valence-electron chi connectivity index (χ0n) is 13.6. The summed E-state index contributed by atoms with van der Waals surface area (Å²) >= 11 is 0. The Balaban J connectivity index is 3.11. The van der Waals surface area contributed by atoms with Gasteiger partial charge in [-0.05, 0) is 44.4 Å². The number of hydrogen-bond donors (Lipinski definition) is 1. The maximum Gasteiger partial charge on any atom is 0.310 e. The molecule has 118 valence electrons. The van der Waals surface area contributed by atoms with E-state index in [0.717, 1.165) is 18.5 Å². The Morgan fingerprint density at radius 3 is 2.43 bits per heavy atom. The number of likely N-dealkylation sites (N-methyl/N-ethyl adjacent to an activating group) is 1. The summed E-state index contributed by atoms with van der Waals surface area (Å²) < 4.78 is 5.61. The second kappa shape index (κ2) is 7.98. The van der Waals surface area contributed by atoms with Crippen LogP contribution < -0.4 is 10.1 Å². The molecule has 1 aromatic carbocycles. The van der Waals surface area contributed by atoms with Crippen LogP contribution in [0.5, 0.6) is 5.75 Å². The van der Waals surface area contributed by atoms with Gasteiger partial charge in [-0.1, -0.05) is 26.8 Å². The van der Waals surface area contributed by atoms with Gasteiger partial charge in [0.05, 0.1) is 11.0 Å². The minimum Gasteiger partial charge on any atom is -0.484 e. The lowest BCUT2D eigenvalue weighted by Crippen LogP contribution is -2.33. The first-order valence-electron chi connectivity index (χ1n) is 7.59. The van der Waals surface area contributed by atoms with Crippen LogP contribution in [0.1, 0.15) is 52.5 Å². The molecule has 0 aliphatic rings. The van der Waals surface area contributed by atoms with Gasteiger partial charge < -0.3 is 10.1 Å². The Morgan fingerprint density at radius 1 is 1.29 bits per heavy atom. The molecule has 5 nitrogen and oxygen atoms in total. The van der Waals surface area contributed by atoms with Gasteiger partial charge in [0, 0.05) is 12.1 Å². The van der Waals surface area contributed by atoms with Gasteiger partial charge in [0.25, 0.3) is 0 Å². The molecule has 1 aromatic rings. The predicted molar refractivity (Wildman–Crippen MR) is 85.0 cm³/mol. The number of nitrogens with one attached hydrogen (secondary N) is 1. The first-order valence-corrected chi connectivity index (χ1v) is 7.59. The summed E-state index contributed by atoms with van der Waals surface area (Å²) in [4.78, 5) is 10.7. The van der Waals surface area contributed by atoms with Crippen LogP contribution in [0.4, 0.5) is 5.69 Å². The Morgan fingerprint density at radius 2 is 1.95 bits per heavy atom. The zero-order chi connectivity index (χ0) is 16.0. The van der Waals surface area contributed by atoms with Gasteiger partial charge in [0.1, 0.15) is 0 Å². The lowest BCUT2D eigenvalue weighted by molar-refractivity contribution is -0.386. The van der Waals surface area contributed by atoms with E-state index >= 15 is 0 Å². The topological polar surface area (TPSA) is 64.4 Å². The summed E-state index contributed by atoms with van der Waals surface area (Å²) in [6.45, 7) is 11.0. The fourth-order valence-corrected chi connectivity index (χ4v) is 2.48. The van der Waals surface area contributed by atoms with Gasteiger partial charge in [-0.25, -0.2) is 0 Å². The highest BCUT2D eigenvalue weighted by Gasteiger charge is 2.21. The first-order chi connectivity index (χ1) is 9.90. The van der Waals surface area contributed by atoms with Crippen LogP contribution in [-0.4, -0.2) is 23.6 Å². The van der Waals surface area contributed by atoms with Gasteiger partial charge in [0.15, 0.2) is 5.75 Å². The van der Waals surface area contributed by atoms with Crippen LogP contribution in [-0.2, 0) is 0 Å². The monoisotopic (exact) mass is 294 g/mol. The SMILES string of the molecule is CCNC(CC)C(C)c1ccc([N+](=O)[O-])c(OC(C)C)c1. The third-order valence-electron chi connectivity index (χ3n) is 3.58. The van der Waals surface area contributed by atoms with Crippen molar-refractivity contribution < 1.29 is 9.66 Å². The van der Waals surface area contributed by atoms with Gasteiger partial charge >= 0.3 is 5.69 Å². The van der Waals surface area contributed by atoms with Crippen molar-refractivity contribution in [3.05, 3.63) is 33.9 Å². The highest BCUT2D eigenvalue weighted by Crippen LogP contribution is 2.33. The van der Waals surface area contributed by atoms with Crippen molar-refractivity contribution in [2.45, 2.75) is 59.1 Å². The summed E-state index contributed by atoms with van der Waals surface area (Å²) in [7, 11) is 0. The highest BCUT2D eigenvalue weighted by atomic mass is 16.6. The normalized spacial score (nSPS) is 14.0. The molecule has 0 radical (unpaired) electrons. The quantitative estimate of drug-likeness (QED) is 0.584. The van der Waals surface area contributed by atoms with Crippen molar-refractivity contribution in [1.82, 2.24) is 5.32 Å². The van der Waals surface area contributed by atoms with E-state index in [1.165, 1.54) is 0 Å². The maximum absolute atomic E-state index is 11.1. The van der Waals surface area contributed by atoms with E-state index in [9.17, 15) is 10.1 Å². The van der Waals surface area contributed by atoms with E-state index in [4.69, 9.17) is 4.74 Å². The van der Waals surface area contributed by atoms with E-state index in [0.29, 0.717) is 11.8 Å². The lowest BCUT2D eigenvalue weighted by Gasteiger charge is -2.24. The summed E-state index contributed by atoms with van der Waals surface area (Å²) in [6.07, 6.45) is 0.914. The first kappa shape index (κ1) is 17.4. The highest BCUT2D eigenvalue weighted by molar-refractivity contribution is 5.49. The number of hydrogen-bond acceptors (Lipinski definition) is 4. The van der Waals surface area contributed by atoms with Gasteiger partial charge in [-0.3, -0.25) is 10.1 Å². The molecule has 2 atom stereocenters. The van der Waals surface area contributed by atoms with Gasteiger partial charge in [-0.15, -0.1) is 0 Å². The molecule has 0 saturated heterocycles. The third kappa shape index (κ3) is 4.70. The predicted octanol–water partition coefficient (Wildman–Crippen LogP) is 3.87. The van der Waals surface area contributed by atoms with Crippen LogP contribution in [0, 0.1) is 10.1 Å². The molecular formula is C16H26N2O3. The number of ether oxygens (including phenoxy) is 1. The molecule has 0 aromatic heterocycles. The molecule has 0 aliphatic heterocycles. The molecule has 0 bridgehead atoms. The number of nitro groups is 1. The van der Waals surface area contributed by atoms with Crippen molar-refractivity contribution in [3.63, 3.8) is 0 Å². The summed E-state index contributed by atoms with van der Waals surface area (Å²) in [5, 5.41) is 14.5. The molecule has 0 amide bonds. The minimum atomic E-state index is -0.395. The number of nitrogens with zero attached hydrogens (tertiary/aromatic N) is 1. The van der Waals surface area contributed by atoms with Crippen molar-refractivity contribution in [2.24, 2.45) is 0 Å². The molecule has 21 heavy (non-hydrogen) atoms. The largest absolute Gasteiger partial charge is 0.484 e. The summed E-state index contributed by atoms with van der Waals surface area (Å²) in [5.41, 5.74) is 1.08. The van der Waals surface area contributed by atoms with Crippen molar-refractivity contribution >= 4 is 5.69 Å². The number of benzene rings is 1. The van der Waals surface area contributed by atoms with Crippen molar-refractivity contribution in [1.29, 1.82) is 0 Å². The average Bonchev–Trinajstić information content (AvgIpc) is 2.43. The van der Waals surface area contributed by atoms with Crippen LogP contribution in [0.25, 0.3) is 0 Å². The Kier molecular flexibility index (Phi) is 6.62. The van der Waals surface area contributed by atoms with Crippen molar-refractivity contribution in [3.8, 4) is 5.75 Å². The molecular weight excluding hydrogens is 268 g/mol. The number of nitro benzene ring substituents is 1. The smallest absolute Gasteiger partial charge is 0.310 e. The third-order valence-corrected chi connectivity index (χ3v) is 3.58. The molecule has 1 N–H and O–H groups in total. The van der Waals surface area contributed by atoms with Crippen molar-refractivity contribution in [2.75, 3.05) is 6.54 Å². The fourth-order valence-electron chi connectivity index (χ4n) is 2.48. The van der Waals surface area contributed by atoms with Gasteiger partial charge in [-0.2, -0.15) is 0 Å². The second-order valence-electron chi connectivity index (χ2n) is 5.51.